The predicted octanol–water partition coefficient (Wildman–Crippen LogP) is 1.60. The molecular weight excluding hydrogens is 202 g/mol. The number of nitrogen functional groups attached to an aromatic ring is 1. The molecule has 1 aromatic rings. The van der Waals surface area contributed by atoms with Crippen LogP contribution in [0, 0.1) is 0 Å². The Bertz CT molecular complexity index is 390. The Morgan fingerprint density at radius 1 is 1.50 bits per heavy atom. The van der Waals surface area contributed by atoms with Gasteiger partial charge in [-0.3, -0.25) is 4.79 Å². The highest BCUT2D eigenvalue weighted by Crippen LogP contribution is 2.27. The second-order valence-corrected chi connectivity index (χ2v) is 3.97. The molecule has 16 heavy (non-hydrogen) atoms. The highest BCUT2D eigenvalue weighted by atomic mass is 16.1. The molecule has 1 amide bonds. The number of rotatable bonds is 4. The molecule has 1 aromatic carbocycles. The summed E-state index contributed by atoms with van der Waals surface area (Å²) >= 11 is 0. The second-order valence-electron chi connectivity index (χ2n) is 3.97. The number of anilines is 2. The van der Waals surface area contributed by atoms with E-state index in [1.165, 1.54) is 0 Å². The van der Waals surface area contributed by atoms with Gasteiger partial charge in [-0.15, -0.1) is 0 Å². The van der Waals surface area contributed by atoms with Crippen molar-refractivity contribution in [1.82, 2.24) is 0 Å². The van der Waals surface area contributed by atoms with Gasteiger partial charge in [-0.25, -0.2) is 0 Å². The van der Waals surface area contributed by atoms with Crippen LogP contribution in [-0.2, 0) is 0 Å². The number of benzene rings is 1. The Kier molecular flexibility index (Phi) is 3.77. The quantitative estimate of drug-likeness (QED) is 0.758. The maximum absolute atomic E-state index is 11.2. The molecule has 0 aliphatic carbocycles. The van der Waals surface area contributed by atoms with Gasteiger partial charge in [-0.05, 0) is 25.5 Å². The molecule has 0 bridgehead atoms. The molecule has 0 aromatic heterocycles. The number of carbonyl (C=O) groups is 1. The Balaban J connectivity index is 3.15. The molecule has 1 rings (SSSR count). The van der Waals surface area contributed by atoms with Crippen LogP contribution in [0.1, 0.15) is 30.6 Å². The minimum Gasteiger partial charge on any atom is -0.396 e. The van der Waals surface area contributed by atoms with Gasteiger partial charge in [-0.2, -0.15) is 0 Å². The number of nitrogens with two attached hydrogens (primary N) is 2. The molecular formula is C12H19N3O. The fourth-order valence-electron chi connectivity index (χ4n) is 1.59. The summed E-state index contributed by atoms with van der Waals surface area (Å²) in [6.07, 6.45) is 1.01. The number of hydrogen-bond donors (Lipinski definition) is 2. The summed E-state index contributed by atoms with van der Waals surface area (Å²) in [7, 11) is 1.96. The van der Waals surface area contributed by atoms with Gasteiger partial charge in [0.15, 0.2) is 0 Å². The molecule has 0 saturated carbocycles. The van der Waals surface area contributed by atoms with Crippen LogP contribution in [0.4, 0.5) is 11.4 Å². The van der Waals surface area contributed by atoms with Crippen LogP contribution in [-0.4, -0.2) is 19.0 Å². The smallest absolute Gasteiger partial charge is 0.250 e. The average Bonchev–Trinajstić information content (AvgIpc) is 2.27. The maximum atomic E-state index is 11.2. The lowest BCUT2D eigenvalue weighted by Gasteiger charge is -2.27. The van der Waals surface area contributed by atoms with Gasteiger partial charge < -0.3 is 16.4 Å². The molecule has 4 heteroatoms. The lowest BCUT2D eigenvalue weighted by molar-refractivity contribution is 0.100. The summed E-state index contributed by atoms with van der Waals surface area (Å²) in [6.45, 7) is 4.21. The van der Waals surface area contributed by atoms with Crippen molar-refractivity contribution in [2.45, 2.75) is 26.3 Å². The van der Waals surface area contributed by atoms with Gasteiger partial charge >= 0.3 is 0 Å². The topological polar surface area (TPSA) is 72.3 Å². The van der Waals surface area contributed by atoms with Crippen LogP contribution in [0.5, 0.6) is 0 Å². The van der Waals surface area contributed by atoms with Crippen LogP contribution >= 0.6 is 0 Å². The molecule has 0 saturated heterocycles. The van der Waals surface area contributed by atoms with Crippen LogP contribution < -0.4 is 16.4 Å². The standard InChI is InChI=1S/C12H19N3O/c1-4-8(2)15(3)10-7-5-6-9(11(10)13)12(14)16/h5-8H,4,13H2,1-3H3,(H2,14,16). The largest absolute Gasteiger partial charge is 0.396 e. The lowest BCUT2D eigenvalue weighted by atomic mass is 10.1. The molecule has 0 heterocycles. The third-order valence-electron chi connectivity index (χ3n) is 2.98. The van der Waals surface area contributed by atoms with Crippen LogP contribution in [0.3, 0.4) is 0 Å². The van der Waals surface area contributed by atoms with E-state index in [0.29, 0.717) is 17.3 Å². The van der Waals surface area contributed by atoms with Gasteiger partial charge in [0.2, 0.25) is 0 Å². The molecule has 88 valence electrons. The minimum absolute atomic E-state index is 0.366. The molecule has 0 radical (unpaired) electrons. The van der Waals surface area contributed by atoms with Crippen molar-refractivity contribution in [3.8, 4) is 0 Å². The first-order chi connectivity index (χ1) is 7.49. The molecule has 1 unspecified atom stereocenters. The van der Waals surface area contributed by atoms with Gasteiger partial charge in [0.05, 0.1) is 16.9 Å². The lowest BCUT2D eigenvalue weighted by Crippen LogP contribution is -2.29. The van der Waals surface area contributed by atoms with Crippen LogP contribution in [0.15, 0.2) is 18.2 Å². The van der Waals surface area contributed by atoms with E-state index in [1.807, 2.05) is 13.1 Å². The first-order valence-corrected chi connectivity index (χ1v) is 5.40. The summed E-state index contributed by atoms with van der Waals surface area (Å²) in [5.41, 5.74) is 12.9. The molecule has 0 fully saturated rings. The van der Waals surface area contributed by atoms with E-state index in [0.717, 1.165) is 12.1 Å². The third-order valence-corrected chi connectivity index (χ3v) is 2.98. The van der Waals surface area contributed by atoms with Crippen LogP contribution in [0.2, 0.25) is 0 Å². The highest BCUT2D eigenvalue weighted by Gasteiger charge is 2.14. The molecule has 0 aliphatic rings. The highest BCUT2D eigenvalue weighted by molar-refractivity contribution is 6.00. The van der Waals surface area contributed by atoms with E-state index >= 15 is 0 Å². The van der Waals surface area contributed by atoms with Crippen molar-refractivity contribution < 1.29 is 4.79 Å². The van der Waals surface area contributed by atoms with Crippen molar-refractivity contribution in [3.63, 3.8) is 0 Å². The normalized spacial score (nSPS) is 12.2. The van der Waals surface area contributed by atoms with E-state index in [-0.39, 0.29) is 0 Å². The summed E-state index contributed by atoms with van der Waals surface area (Å²) in [4.78, 5) is 13.2. The van der Waals surface area contributed by atoms with E-state index in [4.69, 9.17) is 11.5 Å². The monoisotopic (exact) mass is 221 g/mol. The number of hydrogen-bond acceptors (Lipinski definition) is 3. The van der Waals surface area contributed by atoms with Crippen molar-refractivity contribution in [2.24, 2.45) is 5.73 Å². The van der Waals surface area contributed by atoms with E-state index in [2.05, 4.69) is 18.7 Å². The second kappa shape index (κ2) is 4.88. The number of para-hydroxylation sites is 1. The Hall–Kier alpha value is -1.71. The maximum Gasteiger partial charge on any atom is 0.250 e. The zero-order valence-corrected chi connectivity index (χ0v) is 10.0. The fourth-order valence-corrected chi connectivity index (χ4v) is 1.59. The molecule has 0 aliphatic heterocycles. The summed E-state index contributed by atoms with van der Waals surface area (Å²) in [6, 6.07) is 5.70. The van der Waals surface area contributed by atoms with Crippen molar-refractivity contribution >= 4 is 17.3 Å². The first-order valence-electron chi connectivity index (χ1n) is 5.40. The average molecular weight is 221 g/mol. The summed E-state index contributed by atoms with van der Waals surface area (Å²) < 4.78 is 0. The fraction of sp³-hybridized carbons (Fsp3) is 0.417. The van der Waals surface area contributed by atoms with Gasteiger partial charge in [0, 0.05) is 13.1 Å². The molecule has 0 spiro atoms. The van der Waals surface area contributed by atoms with Crippen molar-refractivity contribution in [3.05, 3.63) is 23.8 Å². The van der Waals surface area contributed by atoms with Crippen molar-refractivity contribution in [1.29, 1.82) is 0 Å². The Morgan fingerprint density at radius 2 is 2.12 bits per heavy atom. The SMILES string of the molecule is CCC(C)N(C)c1cccc(C(N)=O)c1N. The summed E-state index contributed by atoms with van der Waals surface area (Å²) in [5, 5.41) is 0. The Morgan fingerprint density at radius 3 is 2.62 bits per heavy atom. The number of carbonyl (C=O) groups excluding carboxylic acids is 1. The molecule has 4 N–H and O–H groups in total. The Labute approximate surface area is 96.2 Å². The minimum atomic E-state index is -0.489. The molecule has 1 atom stereocenters. The summed E-state index contributed by atoms with van der Waals surface area (Å²) in [5.74, 6) is -0.489. The third kappa shape index (κ3) is 2.27. The number of nitrogens with zero attached hydrogens (tertiary/aromatic N) is 1. The molecule has 4 nitrogen and oxygen atoms in total. The van der Waals surface area contributed by atoms with E-state index in [1.54, 1.807) is 12.1 Å². The zero-order valence-electron chi connectivity index (χ0n) is 10.0. The van der Waals surface area contributed by atoms with Gasteiger partial charge in [0.1, 0.15) is 0 Å². The first kappa shape index (κ1) is 12.4. The van der Waals surface area contributed by atoms with E-state index in [9.17, 15) is 4.79 Å². The van der Waals surface area contributed by atoms with E-state index < -0.39 is 5.91 Å². The number of amides is 1. The van der Waals surface area contributed by atoms with Gasteiger partial charge in [0.25, 0.3) is 5.91 Å². The van der Waals surface area contributed by atoms with Crippen molar-refractivity contribution in [2.75, 3.05) is 17.7 Å². The zero-order chi connectivity index (χ0) is 12.3. The van der Waals surface area contributed by atoms with Crippen LogP contribution in [0.25, 0.3) is 0 Å². The number of primary amides is 1. The predicted molar refractivity (Wildman–Crippen MR) is 67.5 cm³/mol. The van der Waals surface area contributed by atoms with Gasteiger partial charge in [-0.1, -0.05) is 13.0 Å².